The number of furan rings is 1. The highest BCUT2D eigenvalue weighted by Crippen LogP contribution is 2.51. The lowest BCUT2D eigenvalue weighted by atomic mass is 9.84. The minimum atomic E-state index is -0.0987. The highest BCUT2D eigenvalue weighted by Gasteiger charge is 2.39. The minimum Gasteiger partial charge on any atom is -0.480 e. The van der Waals surface area contributed by atoms with Crippen LogP contribution in [0.1, 0.15) is 47.9 Å². The quantitative estimate of drug-likeness (QED) is 0.132. The van der Waals surface area contributed by atoms with Gasteiger partial charge in [-0.2, -0.15) is 0 Å². The third-order valence-electron chi connectivity index (χ3n) is 9.95. The first-order chi connectivity index (χ1) is 25.2. The summed E-state index contributed by atoms with van der Waals surface area (Å²) in [5.41, 5.74) is 11.1. The molecule has 9 rings (SSSR count). The van der Waals surface area contributed by atoms with Crippen LogP contribution in [-0.2, 0) is 0 Å². The second-order valence-corrected chi connectivity index (χ2v) is 13.1. The van der Waals surface area contributed by atoms with Crippen LogP contribution < -0.4 is 4.74 Å². The van der Waals surface area contributed by atoms with Crippen LogP contribution in [0.2, 0.25) is 0 Å². The van der Waals surface area contributed by atoms with Gasteiger partial charge in [0.05, 0.1) is 5.70 Å². The van der Waals surface area contributed by atoms with Gasteiger partial charge in [0.25, 0.3) is 0 Å². The number of nitrogens with zero attached hydrogens (tertiary/aromatic N) is 2. The molecule has 51 heavy (non-hydrogen) atoms. The van der Waals surface area contributed by atoms with E-state index >= 15 is 0 Å². The standard InChI is InChI=1S/C47H36N2O2/c1-2-42(33-19-10-5-11-20-33)49-47(48-30-31-15-6-3-7-16-31)35-22-12-21-34(29-35)37-24-14-26-39-41-28-27-40-38-25-13-23-36(32-17-8-4-9-18-32)43(38)50-45(40)46(41)51-44(37)39/h2,4-6,8-30,38,43H,3,7H2,1H3/b42-2-,48-30+,49-47-. The van der Waals surface area contributed by atoms with Crippen LogP contribution in [0.25, 0.3) is 44.3 Å². The molecule has 2 heterocycles. The van der Waals surface area contributed by atoms with Gasteiger partial charge in [-0.3, -0.25) is 0 Å². The Morgan fingerprint density at radius 3 is 2.37 bits per heavy atom. The van der Waals surface area contributed by atoms with Crippen molar-refractivity contribution < 1.29 is 9.15 Å². The van der Waals surface area contributed by atoms with Crippen LogP contribution in [0.4, 0.5) is 0 Å². The number of para-hydroxylation sites is 1. The molecule has 0 saturated heterocycles. The summed E-state index contributed by atoms with van der Waals surface area (Å²) >= 11 is 0. The fourth-order valence-corrected chi connectivity index (χ4v) is 7.43. The molecule has 3 aliphatic rings. The minimum absolute atomic E-state index is 0.0987. The van der Waals surface area contributed by atoms with E-state index < -0.39 is 0 Å². The molecule has 2 aliphatic carbocycles. The molecule has 0 bridgehead atoms. The molecule has 2 unspecified atom stereocenters. The average Bonchev–Trinajstić information content (AvgIpc) is 3.78. The number of fused-ring (bicyclic) bond motifs is 7. The van der Waals surface area contributed by atoms with Crippen LogP contribution in [-0.4, -0.2) is 18.2 Å². The summed E-state index contributed by atoms with van der Waals surface area (Å²) in [7, 11) is 0. The lowest BCUT2D eigenvalue weighted by Crippen LogP contribution is -2.21. The first-order valence-electron chi connectivity index (χ1n) is 17.7. The molecule has 6 aromatic rings. The fourth-order valence-electron chi connectivity index (χ4n) is 7.43. The highest BCUT2D eigenvalue weighted by molar-refractivity contribution is 6.12. The molecule has 246 valence electrons. The molecule has 4 heteroatoms. The van der Waals surface area contributed by atoms with Gasteiger partial charge in [-0.1, -0.05) is 146 Å². The molecular weight excluding hydrogens is 625 g/mol. The maximum atomic E-state index is 6.84. The van der Waals surface area contributed by atoms with E-state index in [-0.39, 0.29) is 12.0 Å². The van der Waals surface area contributed by atoms with E-state index in [0.29, 0.717) is 5.84 Å². The average molecular weight is 661 g/mol. The van der Waals surface area contributed by atoms with E-state index in [9.17, 15) is 0 Å². The topological polar surface area (TPSA) is 47.1 Å². The predicted molar refractivity (Wildman–Crippen MR) is 211 cm³/mol. The van der Waals surface area contributed by atoms with Crippen molar-refractivity contribution in [2.24, 2.45) is 9.98 Å². The van der Waals surface area contributed by atoms with Gasteiger partial charge in [-0.05, 0) is 54.2 Å². The number of rotatable bonds is 6. The van der Waals surface area contributed by atoms with E-state index in [0.717, 1.165) is 79.6 Å². The highest BCUT2D eigenvalue weighted by atomic mass is 16.5. The number of allylic oxidation sites excluding steroid dienone is 7. The summed E-state index contributed by atoms with van der Waals surface area (Å²) in [6.45, 7) is 2.02. The molecule has 1 aromatic heterocycles. The van der Waals surface area contributed by atoms with Crippen molar-refractivity contribution in [3.05, 3.63) is 186 Å². The Morgan fingerprint density at radius 1 is 0.765 bits per heavy atom. The molecule has 4 nitrogen and oxygen atoms in total. The summed E-state index contributed by atoms with van der Waals surface area (Å²) < 4.78 is 13.7. The predicted octanol–water partition coefficient (Wildman–Crippen LogP) is 11.9. The third kappa shape index (κ3) is 5.69. The van der Waals surface area contributed by atoms with Crippen molar-refractivity contribution in [2.75, 3.05) is 0 Å². The molecule has 0 amide bonds. The first kappa shape index (κ1) is 30.8. The van der Waals surface area contributed by atoms with Crippen molar-refractivity contribution in [1.82, 2.24) is 0 Å². The van der Waals surface area contributed by atoms with Crippen molar-refractivity contribution in [1.29, 1.82) is 0 Å². The zero-order chi connectivity index (χ0) is 34.1. The first-order valence-corrected chi connectivity index (χ1v) is 17.7. The lowest BCUT2D eigenvalue weighted by molar-refractivity contribution is 0.278. The van der Waals surface area contributed by atoms with Crippen molar-refractivity contribution in [3.63, 3.8) is 0 Å². The summed E-state index contributed by atoms with van der Waals surface area (Å²) in [6, 6.07) is 40.0. The van der Waals surface area contributed by atoms with Crippen LogP contribution in [0, 0.1) is 0 Å². The van der Waals surface area contributed by atoms with E-state index in [1.807, 2.05) is 43.5 Å². The van der Waals surface area contributed by atoms with Crippen LogP contribution in [0.15, 0.2) is 178 Å². The molecule has 0 fully saturated rings. The van der Waals surface area contributed by atoms with Gasteiger partial charge in [0, 0.05) is 45.2 Å². The van der Waals surface area contributed by atoms with Gasteiger partial charge < -0.3 is 9.15 Å². The summed E-state index contributed by atoms with van der Waals surface area (Å²) in [6.07, 6.45) is 19.0. The number of benzene rings is 5. The maximum Gasteiger partial charge on any atom is 0.177 e. The number of hydrogen-bond donors (Lipinski definition) is 0. The van der Waals surface area contributed by atoms with Gasteiger partial charge in [0.2, 0.25) is 0 Å². The van der Waals surface area contributed by atoms with Crippen molar-refractivity contribution in [2.45, 2.75) is 31.8 Å². The van der Waals surface area contributed by atoms with Crippen LogP contribution in [0.3, 0.4) is 0 Å². The molecule has 0 radical (unpaired) electrons. The lowest BCUT2D eigenvalue weighted by Gasteiger charge is -2.22. The molecule has 1 aliphatic heterocycles. The van der Waals surface area contributed by atoms with E-state index in [2.05, 4.69) is 127 Å². The van der Waals surface area contributed by atoms with Gasteiger partial charge in [0.1, 0.15) is 11.7 Å². The molecular formula is C47H36N2O2. The van der Waals surface area contributed by atoms with E-state index in [1.165, 1.54) is 11.1 Å². The summed E-state index contributed by atoms with van der Waals surface area (Å²) in [5.74, 6) is 1.61. The molecule has 0 saturated carbocycles. The maximum absolute atomic E-state index is 6.84. The van der Waals surface area contributed by atoms with Crippen LogP contribution in [0.5, 0.6) is 5.75 Å². The molecule has 5 aromatic carbocycles. The van der Waals surface area contributed by atoms with Crippen LogP contribution >= 0.6 is 0 Å². The smallest absolute Gasteiger partial charge is 0.177 e. The van der Waals surface area contributed by atoms with Gasteiger partial charge in [-0.15, -0.1) is 0 Å². The molecule has 0 N–H and O–H groups in total. The Bertz CT molecular complexity index is 2510. The second-order valence-electron chi connectivity index (χ2n) is 13.1. The molecule has 2 atom stereocenters. The Hall–Kier alpha value is -6.26. The summed E-state index contributed by atoms with van der Waals surface area (Å²) in [4.78, 5) is 10.1. The van der Waals surface area contributed by atoms with Crippen molar-refractivity contribution >= 4 is 45.3 Å². The van der Waals surface area contributed by atoms with Crippen molar-refractivity contribution in [3.8, 4) is 16.9 Å². The zero-order valence-electron chi connectivity index (χ0n) is 28.4. The fraction of sp³-hybridized carbons (Fsp3) is 0.106. The summed E-state index contributed by atoms with van der Waals surface area (Å²) in [5, 5.41) is 2.11. The monoisotopic (exact) mass is 660 g/mol. The van der Waals surface area contributed by atoms with Gasteiger partial charge in [0.15, 0.2) is 17.2 Å². The van der Waals surface area contributed by atoms with E-state index in [1.54, 1.807) is 0 Å². The Morgan fingerprint density at radius 2 is 1.55 bits per heavy atom. The normalized spacial score (nSPS) is 18.5. The second kappa shape index (κ2) is 13.2. The van der Waals surface area contributed by atoms with Gasteiger partial charge in [-0.25, -0.2) is 9.98 Å². The number of ether oxygens (including phenoxy) is 1. The number of hydrogen-bond acceptors (Lipinski definition) is 3. The SMILES string of the molecule is C\C=C(/N=C(\N=C\C1=CCCC=C1)c1cccc(-c2cccc3c2oc2c4c(ccc23)C2C=CC=C(c3ccccc3)C2O4)c1)c1ccccc1. The van der Waals surface area contributed by atoms with E-state index in [4.69, 9.17) is 19.1 Å². The third-order valence-corrected chi connectivity index (χ3v) is 9.95. The number of aliphatic imine (C=N–C) groups is 2. The Kier molecular flexibility index (Phi) is 7.98. The van der Waals surface area contributed by atoms with Gasteiger partial charge >= 0.3 is 0 Å². The number of amidine groups is 1. The Labute approximate surface area is 297 Å². The Balaban J connectivity index is 1.13. The zero-order valence-corrected chi connectivity index (χ0v) is 28.4. The molecule has 0 spiro atoms. The largest absolute Gasteiger partial charge is 0.480 e.